The second-order valence-electron chi connectivity index (χ2n) is 6.68. The van der Waals surface area contributed by atoms with Gasteiger partial charge in [-0.2, -0.15) is 5.10 Å². The topological polar surface area (TPSA) is 48.9 Å². The summed E-state index contributed by atoms with van der Waals surface area (Å²) in [5.41, 5.74) is 7.43. The quantitative estimate of drug-likeness (QED) is 0.291. The Balaban J connectivity index is 1.85. The molecule has 1 aromatic rings. The van der Waals surface area contributed by atoms with Gasteiger partial charge in [0, 0.05) is 35.4 Å². The van der Waals surface area contributed by atoms with Gasteiger partial charge in [-0.25, -0.2) is 0 Å². The van der Waals surface area contributed by atoms with E-state index in [1.807, 2.05) is 18.3 Å². The van der Waals surface area contributed by atoms with E-state index in [1.165, 1.54) is 16.8 Å². The molecule has 1 saturated heterocycles. The van der Waals surface area contributed by atoms with Crippen molar-refractivity contribution in [2.45, 2.75) is 12.8 Å². The van der Waals surface area contributed by atoms with Crippen LogP contribution in [0.1, 0.15) is 18.4 Å². The first-order valence-electron chi connectivity index (χ1n) is 9.48. The fourth-order valence-corrected chi connectivity index (χ4v) is 3.95. The van der Waals surface area contributed by atoms with E-state index in [0.29, 0.717) is 21.7 Å². The summed E-state index contributed by atoms with van der Waals surface area (Å²) in [7, 11) is 0. The van der Waals surface area contributed by atoms with Crippen molar-refractivity contribution < 1.29 is 4.74 Å². The Morgan fingerprint density at radius 1 is 1.28 bits per heavy atom. The van der Waals surface area contributed by atoms with Crippen molar-refractivity contribution in [3.8, 4) is 0 Å². The van der Waals surface area contributed by atoms with Crippen LogP contribution in [0.25, 0.3) is 6.08 Å². The van der Waals surface area contributed by atoms with Gasteiger partial charge in [0.2, 0.25) is 0 Å². The number of hydrogen-bond acceptors (Lipinski definition) is 4. The van der Waals surface area contributed by atoms with Gasteiger partial charge >= 0.3 is 0 Å². The Morgan fingerprint density at radius 2 is 2.07 bits per heavy atom. The highest BCUT2D eigenvalue weighted by Gasteiger charge is 2.25. The van der Waals surface area contributed by atoms with Gasteiger partial charge in [0.05, 0.1) is 19.4 Å². The summed E-state index contributed by atoms with van der Waals surface area (Å²) >= 11 is 17.6. The fourth-order valence-electron chi connectivity index (χ4n) is 3.35. The van der Waals surface area contributed by atoms with E-state index in [0.717, 1.165) is 44.7 Å². The molecule has 1 aromatic carbocycles. The van der Waals surface area contributed by atoms with Crippen LogP contribution in [0.5, 0.6) is 0 Å². The molecule has 5 nitrogen and oxygen atoms in total. The zero-order valence-electron chi connectivity index (χ0n) is 16.1. The SMILES string of the molecule is C=CCNC(=S)N/N=C\C1=C(N2CCOCC2)C(=C/c2ccc(Cl)cc2Cl)/CC1. The number of ether oxygens (including phenoxy) is 1. The summed E-state index contributed by atoms with van der Waals surface area (Å²) in [6.07, 6.45) is 7.58. The maximum absolute atomic E-state index is 6.39. The van der Waals surface area contributed by atoms with Gasteiger partial charge in [0.1, 0.15) is 0 Å². The van der Waals surface area contributed by atoms with Crippen molar-refractivity contribution in [2.24, 2.45) is 5.10 Å². The van der Waals surface area contributed by atoms with Crippen LogP contribution in [0.2, 0.25) is 10.0 Å². The minimum absolute atomic E-state index is 0.469. The predicted octanol–water partition coefficient (Wildman–Crippen LogP) is 4.39. The number of nitrogens with one attached hydrogen (secondary N) is 2. The largest absolute Gasteiger partial charge is 0.378 e. The molecule has 3 rings (SSSR count). The molecule has 154 valence electrons. The molecule has 0 radical (unpaired) electrons. The van der Waals surface area contributed by atoms with Crippen molar-refractivity contribution in [2.75, 3.05) is 32.8 Å². The van der Waals surface area contributed by atoms with E-state index in [-0.39, 0.29) is 0 Å². The zero-order chi connectivity index (χ0) is 20.6. The maximum Gasteiger partial charge on any atom is 0.187 e. The van der Waals surface area contributed by atoms with Gasteiger partial charge < -0.3 is 15.0 Å². The van der Waals surface area contributed by atoms with Crippen LogP contribution >= 0.6 is 35.4 Å². The van der Waals surface area contributed by atoms with Crippen LogP contribution in [0.3, 0.4) is 0 Å². The second-order valence-corrected chi connectivity index (χ2v) is 7.93. The van der Waals surface area contributed by atoms with E-state index >= 15 is 0 Å². The Hall–Kier alpha value is -1.86. The molecule has 1 heterocycles. The highest BCUT2D eigenvalue weighted by Crippen LogP contribution is 2.36. The molecule has 0 spiro atoms. The summed E-state index contributed by atoms with van der Waals surface area (Å²) in [5, 5.41) is 9.06. The molecule has 2 aliphatic rings. The summed E-state index contributed by atoms with van der Waals surface area (Å²) in [6.45, 7) is 7.39. The first kappa shape index (κ1) is 21.8. The molecule has 1 aliphatic heterocycles. The Morgan fingerprint density at radius 3 is 2.79 bits per heavy atom. The first-order valence-corrected chi connectivity index (χ1v) is 10.6. The molecule has 0 unspecified atom stereocenters. The monoisotopic (exact) mass is 450 g/mol. The molecule has 2 N–H and O–H groups in total. The Labute approximate surface area is 187 Å². The number of hydrazone groups is 1. The lowest BCUT2D eigenvalue weighted by molar-refractivity contribution is 0.0548. The van der Waals surface area contributed by atoms with Gasteiger partial charge in [-0.3, -0.25) is 5.43 Å². The van der Waals surface area contributed by atoms with Crippen molar-refractivity contribution >= 4 is 52.8 Å². The molecule has 0 aromatic heterocycles. The number of allylic oxidation sites excluding steroid dienone is 2. The highest BCUT2D eigenvalue weighted by atomic mass is 35.5. The Bertz CT molecular complexity index is 860. The lowest BCUT2D eigenvalue weighted by Crippen LogP contribution is -2.36. The maximum atomic E-state index is 6.39. The van der Waals surface area contributed by atoms with Crippen LogP contribution in [0.15, 0.2) is 52.8 Å². The molecule has 0 bridgehead atoms. The number of morpholine rings is 1. The van der Waals surface area contributed by atoms with Crippen LogP contribution < -0.4 is 10.7 Å². The predicted molar refractivity (Wildman–Crippen MR) is 126 cm³/mol. The summed E-state index contributed by atoms with van der Waals surface area (Å²) in [4.78, 5) is 2.36. The summed E-state index contributed by atoms with van der Waals surface area (Å²) in [6, 6.07) is 5.58. The fraction of sp³-hybridized carbons (Fsp3) is 0.333. The van der Waals surface area contributed by atoms with E-state index < -0.39 is 0 Å². The van der Waals surface area contributed by atoms with Crippen molar-refractivity contribution in [1.82, 2.24) is 15.6 Å². The van der Waals surface area contributed by atoms with Crippen LogP contribution in [-0.2, 0) is 4.74 Å². The third kappa shape index (κ3) is 6.06. The van der Waals surface area contributed by atoms with E-state index in [1.54, 1.807) is 12.1 Å². The normalized spacial score (nSPS) is 18.6. The van der Waals surface area contributed by atoms with Gasteiger partial charge in [0.25, 0.3) is 0 Å². The number of halogens is 2. The molecule has 1 fully saturated rings. The molecular weight excluding hydrogens is 427 g/mol. The lowest BCUT2D eigenvalue weighted by Gasteiger charge is -2.31. The van der Waals surface area contributed by atoms with Gasteiger partial charge in [0.15, 0.2) is 5.11 Å². The van der Waals surface area contributed by atoms with Gasteiger partial charge in [-0.1, -0.05) is 35.3 Å². The molecule has 8 heteroatoms. The minimum atomic E-state index is 0.469. The smallest absolute Gasteiger partial charge is 0.187 e. The minimum Gasteiger partial charge on any atom is -0.378 e. The zero-order valence-corrected chi connectivity index (χ0v) is 18.4. The number of rotatable bonds is 6. The van der Waals surface area contributed by atoms with Crippen LogP contribution in [0, 0.1) is 0 Å². The average Bonchev–Trinajstić information content (AvgIpc) is 3.11. The van der Waals surface area contributed by atoms with E-state index in [9.17, 15) is 0 Å². The molecule has 0 atom stereocenters. The molecule has 1 aliphatic carbocycles. The van der Waals surface area contributed by atoms with Gasteiger partial charge in [-0.05, 0) is 60.0 Å². The molecule has 0 saturated carbocycles. The number of thiocarbonyl (C=S) groups is 1. The second kappa shape index (κ2) is 10.8. The average molecular weight is 451 g/mol. The standard InChI is InChI=1S/C21H24Cl2N4OS/c1-2-7-24-21(29)26-25-14-17-4-3-16(20(17)27-8-10-28-11-9-27)12-15-5-6-18(22)13-19(15)23/h2,5-6,12-14H,1,3-4,7-11H2,(H2,24,26,29)/b16-12+,25-14-. The third-order valence-electron chi connectivity index (χ3n) is 4.68. The number of hydrogen-bond donors (Lipinski definition) is 2. The first-order chi connectivity index (χ1) is 14.1. The van der Waals surface area contributed by atoms with E-state index in [4.69, 9.17) is 40.2 Å². The summed E-state index contributed by atoms with van der Waals surface area (Å²) < 4.78 is 5.53. The van der Waals surface area contributed by atoms with Crippen LogP contribution in [-0.4, -0.2) is 49.1 Å². The molecule has 29 heavy (non-hydrogen) atoms. The molecule has 0 amide bonds. The lowest BCUT2D eigenvalue weighted by atomic mass is 10.1. The molecular formula is C21H24Cl2N4OS. The third-order valence-corrected chi connectivity index (χ3v) is 5.48. The van der Waals surface area contributed by atoms with Gasteiger partial charge in [-0.15, -0.1) is 6.58 Å². The highest BCUT2D eigenvalue weighted by molar-refractivity contribution is 7.80. The number of benzene rings is 1. The van der Waals surface area contributed by atoms with E-state index in [2.05, 4.69) is 33.4 Å². The van der Waals surface area contributed by atoms with Crippen molar-refractivity contribution in [3.63, 3.8) is 0 Å². The van der Waals surface area contributed by atoms with Crippen molar-refractivity contribution in [3.05, 3.63) is 63.3 Å². The number of nitrogens with zero attached hydrogens (tertiary/aromatic N) is 2. The van der Waals surface area contributed by atoms with Crippen LogP contribution in [0.4, 0.5) is 0 Å². The Kier molecular flexibility index (Phi) is 8.12. The van der Waals surface area contributed by atoms with Crippen molar-refractivity contribution in [1.29, 1.82) is 0 Å². The summed E-state index contributed by atoms with van der Waals surface area (Å²) in [5.74, 6) is 0.